The van der Waals surface area contributed by atoms with E-state index in [0.717, 1.165) is 5.69 Å². The zero-order valence-electron chi connectivity index (χ0n) is 9.37. The van der Waals surface area contributed by atoms with E-state index in [0.29, 0.717) is 18.0 Å². The molecule has 1 rings (SSSR count). The van der Waals surface area contributed by atoms with Gasteiger partial charge in [0.25, 0.3) is 0 Å². The summed E-state index contributed by atoms with van der Waals surface area (Å²) in [7, 11) is 3.18. The molecule has 0 radical (unpaired) electrons. The molecule has 0 aliphatic heterocycles. The van der Waals surface area contributed by atoms with Gasteiger partial charge in [0, 0.05) is 30.4 Å². The molecule has 0 aliphatic carbocycles. The van der Waals surface area contributed by atoms with Crippen LogP contribution in [-0.4, -0.2) is 37.9 Å². The van der Waals surface area contributed by atoms with Gasteiger partial charge in [-0.3, -0.25) is 0 Å². The molecule has 1 unspecified atom stereocenters. The molecule has 0 amide bonds. The van der Waals surface area contributed by atoms with Crippen LogP contribution in [0.5, 0.6) is 11.5 Å². The minimum absolute atomic E-state index is 0.202. The van der Waals surface area contributed by atoms with E-state index < -0.39 is 6.10 Å². The van der Waals surface area contributed by atoms with Crippen LogP contribution in [0.25, 0.3) is 0 Å². The topological polar surface area (TPSA) is 50.7 Å². The van der Waals surface area contributed by atoms with Gasteiger partial charge in [0.05, 0.1) is 26.2 Å². The highest BCUT2D eigenvalue weighted by atomic mass is 35.5. The average Bonchev–Trinajstić information content (AvgIpc) is 2.35. The van der Waals surface area contributed by atoms with Crippen LogP contribution in [0, 0.1) is 0 Å². The lowest BCUT2D eigenvalue weighted by molar-refractivity contribution is 0.211. The first kappa shape index (κ1) is 12.9. The number of aliphatic hydroxyl groups is 1. The minimum Gasteiger partial charge on any atom is -0.497 e. The van der Waals surface area contributed by atoms with Crippen molar-refractivity contribution in [2.75, 3.05) is 32.0 Å². The summed E-state index contributed by atoms with van der Waals surface area (Å²) in [6, 6.07) is 5.43. The zero-order valence-corrected chi connectivity index (χ0v) is 10.1. The Kier molecular flexibility index (Phi) is 5.22. The second-order valence-corrected chi connectivity index (χ2v) is 3.60. The van der Waals surface area contributed by atoms with Gasteiger partial charge in [0.1, 0.15) is 11.5 Å². The molecular formula is C11H16ClNO3. The Labute approximate surface area is 100 Å². The van der Waals surface area contributed by atoms with Crippen LogP contribution in [0.3, 0.4) is 0 Å². The maximum Gasteiger partial charge on any atom is 0.124 e. The lowest BCUT2D eigenvalue weighted by atomic mass is 10.2. The van der Waals surface area contributed by atoms with E-state index in [9.17, 15) is 5.11 Å². The molecule has 0 saturated heterocycles. The summed E-state index contributed by atoms with van der Waals surface area (Å²) in [6.45, 7) is 0.389. The molecule has 1 aromatic rings. The molecule has 2 N–H and O–H groups in total. The number of alkyl halides is 1. The smallest absolute Gasteiger partial charge is 0.124 e. The minimum atomic E-state index is -0.570. The van der Waals surface area contributed by atoms with Crippen molar-refractivity contribution in [3.8, 4) is 11.5 Å². The Balaban J connectivity index is 2.71. The average molecular weight is 246 g/mol. The molecular weight excluding hydrogens is 230 g/mol. The first-order chi connectivity index (χ1) is 7.69. The van der Waals surface area contributed by atoms with Gasteiger partial charge in [-0.05, 0) is 0 Å². The quantitative estimate of drug-likeness (QED) is 0.750. The number of hydrogen-bond donors (Lipinski definition) is 2. The van der Waals surface area contributed by atoms with Gasteiger partial charge >= 0.3 is 0 Å². The van der Waals surface area contributed by atoms with Crippen LogP contribution < -0.4 is 14.8 Å². The fourth-order valence-corrected chi connectivity index (χ4v) is 1.31. The van der Waals surface area contributed by atoms with E-state index in [1.165, 1.54) is 0 Å². The van der Waals surface area contributed by atoms with E-state index in [-0.39, 0.29) is 5.88 Å². The Bertz CT molecular complexity index is 311. The molecule has 0 saturated carbocycles. The van der Waals surface area contributed by atoms with Crippen molar-refractivity contribution >= 4 is 17.3 Å². The van der Waals surface area contributed by atoms with E-state index >= 15 is 0 Å². The van der Waals surface area contributed by atoms with Crippen LogP contribution in [0.2, 0.25) is 0 Å². The maximum atomic E-state index is 9.32. The van der Waals surface area contributed by atoms with Crippen LogP contribution >= 0.6 is 11.6 Å². The van der Waals surface area contributed by atoms with Gasteiger partial charge in [-0.25, -0.2) is 0 Å². The van der Waals surface area contributed by atoms with Gasteiger partial charge in [-0.2, -0.15) is 0 Å². The van der Waals surface area contributed by atoms with Crippen molar-refractivity contribution in [2.24, 2.45) is 0 Å². The Morgan fingerprint density at radius 1 is 1.25 bits per heavy atom. The molecule has 90 valence electrons. The number of rotatable bonds is 6. The van der Waals surface area contributed by atoms with E-state index in [4.69, 9.17) is 21.1 Å². The summed E-state index contributed by atoms with van der Waals surface area (Å²) >= 11 is 5.50. The van der Waals surface area contributed by atoms with Crippen LogP contribution in [0.1, 0.15) is 0 Å². The highest BCUT2D eigenvalue weighted by Gasteiger charge is 2.04. The number of hydrogen-bond acceptors (Lipinski definition) is 4. The summed E-state index contributed by atoms with van der Waals surface area (Å²) in [5.41, 5.74) is 0.820. The van der Waals surface area contributed by atoms with Gasteiger partial charge in [0.15, 0.2) is 0 Å². The van der Waals surface area contributed by atoms with E-state index in [1.807, 2.05) is 12.1 Å². The molecule has 5 heteroatoms. The molecule has 4 nitrogen and oxygen atoms in total. The lowest BCUT2D eigenvalue weighted by Crippen LogP contribution is -2.20. The fourth-order valence-electron chi connectivity index (χ4n) is 1.20. The molecule has 1 atom stereocenters. The highest BCUT2D eigenvalue weighted by molar-refractivity contribution is 6.18. The molecule has 0 aliphatic rings. The molecule has 1 aromatic carbocycles. The summed E-state index contributed by atoms with van der Waals surface area (Å²) in [4.78, 5) is 0. The normalized spacial score (nSPS) is 12.0. The molecule has 0 aromatic heterocycles. The third-order valence-electron chi connectivity index (χ3n) is 2.07. The SMILES string of the molecule is COc1cc(NCC(O)CCl)cc(OC)c1. The first-order valence-corrected chi connectivity index (χ1v) is 5.44. The summed E-state index contributed by atoms with van der Waals surface area (Å²) < 4.78 is 10.2. The molecule has 0 bridgehead atoms. The summed E-state index contributed by atoms with van der Waals surface area (Å²) in [6.07, 6.45) is -0.570. The highest BCUT2D eigenvalue weighted by Crippen LogP contribution is 2.25. The number of anilines is 1. The summed E-state index contributed by atoms with van der Waals surface area (Å²) in [5, 5.41) is 12.4. The second-order valence-electron chi connectivity index (χ2n) is 3.29. The predicted molar refractivity (Wildman–Crippen MR) is 64.8 cm³/mol. The number of halogens is 1. The molecule has 0 heterocycles. The van der Waals surface area contributed by atoms with Crippen molar-refractivity contribution in [3.63, 3.8) is 0 Å². The monoisotopic (exact) mass is 245 g/mol. The fraction of sp³-hybridized carbons (Fsp3) is 0.455. The Morgan fingerprint density at radius 2 is 1.81 bits per heavy atom. The second kappa shape index (κ2) is 6.45. The Morgan fingerprint density at radius 3 is 2.25 bits per heavy atom. The van der Waals surface area contributed by atoms with Gasteiger partial charge in [-0.1, -0.05) is 0 Å². The molecule has 16 heavy (non-hydrogen) atoms. The first-order valence-electron chi connectivity index (χ1n) is 4.90. The maximum absolute atomic E-state index is 9.32. The third kappa shape index (κ3) is 3.79. The van der Waals surface area contributed by atoms with Crippen LogP contribution in [0.4, 0.5) is 5.69 Å². The van der Waals surface area contributed by atoms with Crippen molar-refractivity contribution < 1.29 is 14.6 Å². The van der Waals surface area contributed by atoms with Gasteiger partial charge in [-0.15, -0.1) is 11.6 Å². The van der Waals surface area contributed by atoms with Crippen molar-refractivity contribution in [3.05, 3.63) is 18.2 Å². The number of benzene rings is 1. The van der Waals surface area contributed by atoms with Crippen molar-refractivity contribution in [1.29, 1.82) is 0 Å². The van der Waals surface area contributed by atoms with Crippen molar-refractivity contribution in [2.45, 2.75) is 6.10 Å². The van der Waals surface area contributed by atoms with Gasteiger partial charge in [0.2, 0.25) is 0 Å². The van der Waals surface area contributed by atoms with E-state index in [2.05, 4.69) is 5.32 Å². The summed E-state index contributed by atoms with van der Waals surface area (Å²) in [5.74, 6) is 1.60. The molecule has 0 spiro atoms. The predicted octanol–water partition coefficient (Wildman–Crippen LogP) is 1.72. The van der Waals surface area contributed by atoms with E-state index in [1.54, 1.807) is 20.3 Å². The van der Waals surface area contributed by atoms with Crippen LogP contribution in [0.15, 0.2) is 18.2 Å². The van der Waals surface area contributed by atoms with Crippen molar-refractivity contribution in [1.82, 2.24) is 0 Å². The number of aliphatic hydroxyl groups excluding tert-OH is 1. The number of nitrogens with one attached hydrogen (secondary N) is 1. The van der Waals surface area contributed by atoms with Gasteiger partial charge < -0.3 is 19.9 Å². The van der Waals surface area contributed by atoms with Crippen LogP contribution in [-0.2, 0) is 0 Å². The number of methoxy groups -OCH3 is 2. The Hall–Kier alpha value is -1.13. The lowest BCUT2D eigenvalue weighted by Gasteiger charge is -2.12. The standard InChI is InChI=1S/C11H16ClNO3/c1-15-10-3-8(4-11(5-10)16-2)13-7-9(14)6-12/h3-5,9,13-14H,6-7H2,1-2H3. The largest absolute Gasteiger partial charge is 0.497 e. The zero-order chi connectivity index (χ0) is 12.0. The number of ether oxygens (including phenoxy) is 2. The molecule has 0 fully saturated rings. The third-order valence-corrected chi connectivity index (χ3v) is 2.43.